The second-order valence-corrected chi connectivity index (χ2v) is 36.4. The Morgan fingerprint density at radius 1 is 0.266 bits per heavy atom. The summed E-state index contributed by atoms with van der Waals surface area (Å²) in [6.07, 6.45) is 72.2. The Bertz CT molecular complexity index is 2100. The van der Waals surface area contributed by atoms with Gasteiger partial charge in [0, 0.05) is 25.7 Å². The van der Waals surface area contributed by atoms with Gasteiger partial charge < -0.3 is 33.8 Å². The van der Waals surface area contributed by atoms with E-state index in [1.807, 2.05) is 0 Å². The smallest absolute Gasteiger partial charge is 0.462 e. The van der Waals surface area contributed by atoms with Gasteiger partial charge in [0.1, 0.15) is 19.3 Å². The molecule has 0 aromatic heterocycles. The largest absolute Gasteiger partial charge is 0.472 e. The number of unbranched alkanes of at least 4 members (excludes halogenated alkanes) is 55. The molecule has 0 saturated heterocycles. The topological polar surface area (TPSA) is 237 Å². The molecule has 648 valence electrons. The molecule has 0 aliphatic rings. The highest BCUT2D eigenvalue weighted by molar-refractivity contribution is 7.47. The number of aliphatic hydroxyl groups is 1. The van der Waals surface area contributed by atoms with Crippen molar-refractivity contribution >= 4 is 39.5 Å². The van der Waals surface area contributed by atoms with Crippen molar-refractivity contribution in [2.45, 2.75) is 497 Å². The molecule has 0 rings (SSSR count). The summed E-state index contributed by atoms with van der Waals surface area (Å²) in [5.41, 5.74) is 0. The Morgan fingerprint density at radius 3 is 0.697 bits per heavy atom. The molecular weight excluding hydrogens is 1410 g/mol. The molecule has 17 nitrogen and oxygen atoms in total. The summed E-state index contributed by atoms with van der Waals surface area (Å²) in [5, 5.41) is 10.7. The van der Waals surface area contributed by atoms with Gasteiger partial charge in [-0.1, -0.05) is 427 Å². The van der Waals surface area contributed by atoms with E-state index in [0.717, 1.165) is 108 Å². The predicted octanol–water partition coefficient (Wildman–Crippen LogP) is 27.6. The zero-order valence-corrected chi connectivity index (χ0v) is 73.8. The maximum Gasteiger partial charge on any atom is 0.472 e. The molecule has 0 saturated carbocycles. The first-order valence-corrected chi connectivity index (χ1v) is 49.4. The van der Waals surface area contributed by atoms with Crippen molar-refractivity contribution < 1.29 is 80.2 Å². The van der Waals surface area contributed by atoms with Gasteiger partial charge in [0.05, 0.1) is 26.4 Å². The third kappa shape index (κ3) is 82.4. The van der Waals surface area contributed by atoms with Crippen molar-refractivity contribution in [2.24, 2.45) is 17.8 Å². The minimum atomic E-state index is -4.97. The van der Waals surface area contributed by atoms with Gasteiger partial charge in [-0.25, -0.2) is 9.13 Å². The van der Waals surface area contributed by atoms with Crippen LogP contribution in [0.4, 0.5) is 0 Å². The first kappa shape index (κ1) is 107. The van der Waals surface area contributed by atoms with E-state index < -0.39 is 97.5 Å². The molecule has 0 aliphatic carbocycles. The summed E-state index contributed by atoms with van der Waals surface area (Å²) in [6, 6.07) is 0. The third-order valence-corrected chi connectivity index (χ3v) is 23.4. The molecule has 0 aromatic rings. The van der Waals surface area contributed by atoms with Crippen molar-refractivity contribution in [3.8, 4) is 0 Å². The lowest BCUT2D eigenvalue weighted by Crippen LogP contribution is -2.30. The van der Waals surface area contributed by atoms with E-state index in [0.29, 0.717) is 25.7 Å². The molecule has 3 unspecified atom stereocenters. The summed E-state index contributed by atoms with van der Waals surface area (Å²) in [6.45, 7) is 12.1. The Labute approximate surface area is 670 Å². The second-order valence-electron chi connectivity index (χ2n) is 33.5. The Hall–Kier alpha value is -1.94. The molecule has 0 aromatic carbocycles. The van der Waals surface area contributed by atoms with E-state index in [2.05, 4.69) is 48.5 Å². The monoisotopic (exact) mass is 1590 g/mol. The van der Waals surface area contributed by atoms with Crippen LogP contribution in [0.2, 0.25) is 0 Å². The standard InChI is InChI=1S/C90H176O17P2/c1-8-10-11-12-13-14-15-16-17-18-22-27-33-38-43-52-59-66-74-90(95)107-86(78-101-88(93)72-65-58-51-46-45-49-56-63-70-83(7)9-2)80-105-109(98,99)103-76-84(91)75-102-108(96,97)104-79-85(77-100-87(92)71-64-57-50-42-37-32-29-24-26-31-36-41-48-55-62-69-82(5)6)106-89(94)73-67-60-53-44-39-34-28-23-20-19-21-25-30-35-40-47-54-61-68-81(3)4/h81-86,91H,8-80H2,1-7H3,(H,96,97)(H,98,99)/t83?,84-,85-,86-/m1/s1. The van der Waals surface area contributed by atoms with Crippen LogP contribution in [-0.2, 0) is 65.4 Å². The van der Waals surface area contributed by atoms with Crippen molar-refractivity contribution in [1.29, 1.82) is 0 Å². The zero-order valence-electron chi connectivity index (χ0n) is 72.0. The average molecular weight is 1590 g/mol. The minimum absolute atomic E-state index is 0.108. The number of ether oxygens (including phenoxy) is 4. The lowest BCUT2D eigenvalue weighted by Gasteiger charge is -2.21. The Balaban J connectivity index is 5.26. The van der Waals surface area contributed by atoms with Crippen LogP contribution >= 0.6 is 15.6 Å². The summed E-state index contributed by atoms with van der Waals surface area (Å²) >= 11 is 0. The lowest BCUT2D eigenvalue weighted by molar-refractivity contribution is -0.161. The molecule has 6 atom stereocenters. The fourth-order valence-electron chi connectivity index (χ4n) is 14.0. The van der Waals surface area contributed by atoms with Gasteiger partial charge in [-0.2, -0.15) is 0 Å². The molecule has 109 heavy (non-hydrogen) atoms. The van der Waals surface area contributed by atoms with Gasteiger partial charge in [-0.15, -0.1) is 0 Å². The molecule has 0 amide bonds. The van der Waals surface area contributed by atoms with Gasteiger partial charge in [-0.05, 0) is 43.4 Å². The average Bonchev–Trinajstić information content (AvgIpc) is 0.904. The normalized spacial score (nSPS) is 14.1. The van der Waals surface area contributed by atoms with Crippen LogP contribution in [0.15, 0.2) is 0 Å². The summed E-state index contributed by atoms with van der Waals surface area (Å²) in [4.78, 5) is 73.4. The van der Waals surface area contributed by atoms with Gasteiger partial charge >= 0.3 is 39.5 Å². The summed E-state index contributed by atoms with van der Waals surface area (Å²) < 4.78 is 69.1. The Morgan fingerprint density at radius 2 is 0.468 bits per heavy atom. The van der Waals surface area contributed by atoms with E-state index in [9.17, 15) is 43.2 Å². The highest BCUT2D eigenvalue weighted by atomic mass is 31.2. The van der Waals surface area contributed by atoms with Crippen molar-refractivity contribution in [3.63, 3.8) is 0 Å². The quantitative estimate of drug-likeness (QED) is 0.0222. The SMILES string of the molecule is CCCCCCCCCCCCCCCCCCCCC(=O)O[C@H](COC(=O)CCCCCCCCCCC(C)CC)COP(=O)(O)OC[C@H](O)COP(=O)(O)OC[C@@H](COC(=O)CCCCCCCCCCCCCCCCCC(C)C)OC(=O)CCCCCCCCCCCCCCCCCCCCC(C)C. The number of esters is 4. The molecule has 0 bridgehead atoms. The number of carbonyl (C=O) groups is 4. The fourth-order valence-corrected chi connectivity index (χ4v) is 15.6. The van der Waals surface area contributed by atoms with E-state index in [-0.39, 0.29) is 25.7 Å². The summed E-state index contributed by atoms with van der Waals surface area (Å²) in [7, 11) is -9.94. The van der Waals surface area contributed by atoms with Gasteiger partial charge in [-0.3, -0.25) is 37.3 Å². The van der Waals surface area contributed by atoms with Gasteiger partial charge in [0.25, 0.3) is 0 Å². The molecule has 0 aliphatic heterocycles. The van der Waals surface area contributed by atoms with Crippen LogP contribution in [0.25, 0.3) is 0 Å². The molecule has 0 heterocycles. The molecule has 19 heteroatoms. The number of hydrogen-bond donors (Lipinski definition) is 3. The first-order valence-electron chi connectivity index (χ1n) is 46.4. The minimum Gasteiger partial charge on any atom is -0.462 e. The second kappa shape index (κ2) is 79.9. The third-order valence-electron chi connectivity index (χ3n) is 21.5. The number of carbonyl (C=O) groups excluding carboxylic acids is 4. The number of phosphoric ester groups is 2. The molecule has 0 spiro atoms. The maximum atomic E-state index is 13.2. The van der Waals surface area contributed by atoms with E-state index in [1.165, 1.54) is 289 Å². The summed E-state index contributed by atoms with van der Waals surface area (Å²) in [5.74, 6) is 0.305. The van der Waals surface area contributed by atoms with E-state index >= 15 is 0 Å². The van der Waals surface area contributed by atoms with Crippen LogP contribution < -0.4 is 0 Å². The van der Waals surface area contributed by atoms with Crippen molar-refractivity contribution in [2.75, 3.05) is 39.6 Å². The maximum absolute atomic E-state index is 13.2. The number of rotatable bonds is 88. The van der Waals surface area contributed by atoms with Crippen LogP contribution in [0.5, 0.6) is 0 Å². The lowest BCUT2D eigenvalue weighted by atomic mass is 9.99. The molecule has 0 fully saturated rings. The number of phosphoric acid groups is 2. The molecular formula is C90H176O17P2. The highest BCUT2D eigenvalue weighted by Crippen LogP contribution is 2.45. The van der Waals surface area contributed by atoms with Crippen molar-refractivity contribution in [3.05, 3.63) is 0 Å². The molecule has 3 N–H and O–H groups in total. The fraction of sp³-hybridized carbons (Fsp3) is 0.956. The van der Waals surface area contributed by atoms with E-state index in [1.54, 1.807) is 0 Å². The number of aliphatic hydroxyl groups excluding tert-OH is 1. The van der Waals surface area contributed by atoms with Crippen LogP contribution in [0.3, 0.4) is 0 Å². The van der Waals surface area contributed by atoms with Crippen LogP contribution in [-0.4, -0.2) is 96.7 Å². The predicted molar refractivity (Wildman–Crippen MR) is 451 cm³/mol. The zero-order chi connectivity index (χ0) is 80.0. The molecule has 0 radical (unpaired) electrons. The van der Waals surface area contributed by atoms with Crippen molar-refractivity contribution in [1.82, 2.24) is 0 Å². The van der Waals surface area contributed by atoms with Crippen LogP contribution in [0, 0.1) is 17.8 Å². The first-order chi connectivity index (χ1) is 52.8. The highest BCUT2D eigenvalue weighted by Gasteiger charge is 2.31. The number of hydrogen-bond acceptors (Lipinski definition) is 15. The Kier molecular flexibility index (Phi) is 78.5. The van der Waals surface area contributed by atoms with Gasteiger partial charge in [0.15, 0.2) is 12.2 Å². The van der Waals surface area contributed by atoms with Crippen LogP contribution in [0.1, 0.15) is 479 Å². The van der Waals surface area contributed by atoms with Gasteiger partial charge in [0.2, 0.25) is 0 Å². The van der Waals surface area contributed by atoms with E-state index in [4.69, 9.17) is 37.0 Å².